The molecule has 0 radical (unpaired) electrons. The van der Waals surface area contributed by atoms with Gasteiger partial charge in [0.15, 0.2) is 11.9 Å². The smallest absolute Gasteiger partial charge is 0.328 e. The maximum Gasteiger partial charge on any atom is 0.328 e. The molecule has 0 heterocycles. The Bertz CT molecular complexity index is 1680. The number of guanidine groups is 2. The SMILES string of the molecule is COC(=O)[C@H](CCCN=C(N)N)NC(=O)[C@H](CCCN=C(N)N)NC(=O)C(=O)c1ccccc1NC(=O)c1ccc2ccccc2c1.Cl.Cl. The minimum absolute atomic E-state index is 0. The molecule has 0 saturated carbocycles. The van der Waals surface area contributed by atoms with Crippen molar-refractivity contribution in [2.75, 3.05) is 25.5 Å². The maximum atomic E-state index is 13.4. The third-order valence-corrected chi connectivity index (χ3v) is 6.95. The topological polar surface area (TPSA) is 259 Å². The van der Waals surface area contributed by atoms with Crippen molar-refractivity contribution < 1.29 is 28.7 Å². The van der Waals surface area contributed by atoms with Gasteiger partial charge in [0.05, 0.1) is 18.4 Å². The average Bonchev–Trinajstić information content (AvgIpc) is 3.06. The number of fused-ring (bicyclic) bond motifs is 1. The number of rotatable bonds is 16. The van der Waals surface area contributed by atoms with Crippen molar-refractivity contribution in [2.45, 2.75) is 37.8 Å². The summed E-state index contributed by atoms with van der Waals surface area (Å²) >= 11 is 0. The van der Waals surface area contributed by atoms with Gasteiger partial charge in [0.1, 0.15) is 12.1 Å². The van der Waals surface area contributed by atoms with Crippen LogP contribution in [-0.4, -0.2) is 73.7 Å². The van der Waals surface area contributed by atoms with Crippen molar-refractivity contribution in [3.8, 4) is 0 Å². The van der Waals surface area contributed by atoms with Gasteiger partial charge in [-0.3, -0.25) is 29.2 Å². The molecule has 3 amide bonds. The number of Topliss-reactive ketones (excluding diaryl/α,β-unsaturated/α-hetero) is 1. The van der Waals surface area contributed by atoms with Crippen LogP contribution in [0.15, 0.2) is 76.7 Å². The van der Waals surface area contributed by atoms with Gasteiger partial charge in [-0.15, -0.1) is 24.8 Å². The molecule has 0 aliphatic carbocycles. The summed E-state index contributed by atoms with van der Waals surface area (Å²) in [5.41, 5.74) is 21.8. The van der Waals surface area contributed by atoms with E-state index in [1.807, 2.05) is 30.3 Å². The van der Waals surface area contributed by atoms with Crippen molar-refractivity contribution in [1.82, 2.24) is 10.6 Å². The van der Waals surface area contributed by atoms with Gasteiger partial charge >= 0.3 is 5.97 Å². The number of nitrogens with one attached hydrogen (secondary N) is 3. The monoisotopic (exact) mass is 717 g/mol. The molecule has 264 valence electrons. The van der Waals surface area contributed by atoms with Crippen molar-refractivity contribution in [3.63, 3.8) is 0 Å². The normalized spacial score (nSPS) is 11.3. The molecule has 0 saturated heterocycles. The van der Waals surface area contributed by atoms with E-state index in [0.29, 0.717) is 12.0 Å². The summed E-state index contributed by atoms with van der Waals surface area (Å²) in [6.45, 7) is 0.341. The van der Waals surface area contributed by atoms with E-state index in [1.165, 1.54) is 25.3 Å². The highest BCUT2D eigenvalue weighted by molar-refractivity contribution is 6.44. The van der Waals surface area contributed by atoms with Gasteiger partial charge in [-0.05, 0) is 60.7 Å². The molecule has 0 aliphatic heterocycles. The second kappa shape index (κ2) is 20.7. The first-order valence-corrected chi connectivity index (χ1v) is 14.7. The van der Waals surface area contributed by atoms with Crippen LogP contribution in [0.2, 0.25) is 0 Å². The lowest BCUT2D eigenvalue weighted by molar-refractivity contribution is -0.145. The zero-order chi connectivity index (χ0) is 34.3. The fraction of sp³-hybridized carbons (Fsp3) is 0.281. The van der Waals surface area contributed by atoms with Crippen molar-refractivity contribution in [3.05, 3.63) is 77.9 Å². The van der Waals surface area contributed by atoms with E-state index in [0.717, 1.165) is 10.8 Å². The van der Waals surface area contributed by atoms with Crippen molar-refractivity contribution in [1.29, 1.82) is 0 Å². The van der Waals surface area contributed by atoms with E-state index in [1.54, 1.807) is 18.2 Å². The highest BCUT2D eigenvalue weighted by Gasteiger charge is 2.29. The predicted molar refractivity (Wildman–Crippen MR) is 193 cm³/mol. The summed E-state index contributed by atoms with van der Waals surface area (Å²) in [4.78, 5) is 73.2. The summed E-state index contributed by atoms with van der Waals surface area (Å²) in [7, 11) is 1.17. The van der Waals surface area contributed by atoms with Crippen LogP contribution >= 0.6 is 24.8 Å². The van der Waals surface area contributed by atoms with Gasteiger partial charge in [-0.25, -0.2) is 4.79 Å². The standard InChI is InChI=1S/C32H39N9O6.2ClH/c1-47-30(46)25(13-7-17-38-32(35)36)41-28(44)24(12-6-16-37-31(33)34)40-29(45)26(42)22-10-4-5-11-23(22)39-27(43)21-15-14-19-8-2-3-9-20(19)18-21;;/h2-5,8-11,14-15,18,24-25H,6-7,12-13,16-17H2,1H3,(H,39,43)(H,40,45)(H,41,44)(H4,33,34,37)(H4,35,36,38);2*1H/t24-,25-;;/m0../s1. The number of carbonyl (C=O) groups excluding carboxylic acids is 5. The summed E-state index contributed by atoms with van der Waals surface area (Å²) in [6, 6.07) is 16.4. The van der Waals surface area contributed by atoms with Crippen LogP contribution in [0, 0.1) is 0 Å². The first-order chi connectivity index (χ1) is 22.5. The number of halogens is 2. The fourth-order valence-electron chi connectivity index (χ4n) is 4.60. The number of anilines is 1. The van der Waals surface area contributed by atoms with Crippen LogP contribution in [-0.2, 0) is 19.1 Å². The maximum absolute atomic E-state index is 13.4. The van der Waals surface area contributed by atoms with Gasteiger partial charge < -0.3 is 43.6 Å². The molecule has 3 aromatic carbocycles. The number of carbonyl (C=O) groups is 5. The minimum Gasteiger partial charge on any atom is -0.467 e. The van der Waals surface area contributed by atoms with Gasteiger partial charge in [0, 0.05) is 18.7 Å². The average molecular weight is 719 g/mol. The molecule has 3 aromatic rings. The van der Waals surface area contributed by atoms with Crippen LogP contribution in [0.1, 0.15) is 46.4 Å². The van der Waals surface area contributed by atoms with Crippen LogP contribution in [0.3, 0.4) is 0 Å². The number of ketones is 1. The number of benzene rings is 3. The number of hydrogen-bond donors (Lipinski definition) is 7. The van der Waals surface area contributed by atoms with Crippen LogP contribution < -0.4 is 38.9 Å². The van der Waals surface area contributed by atoms with Crippen LogP contribution in [0.25, 0.3) is 10.8 Å². The van der Waals surface area contributed by atoms with Gasteiger partial charge in [0.25, 0.3) is 17.6 Å². The van der Waals surface area contributed by atoms with Gasteiger partial charge in [-0.2, -0.15) is 0 Å². The Morgan fingerprint density at radius 2 is 1.31 bits per heavy atom. The van der Waals surface area contributed by atoms with Crippen LogP contribution in [0.4, 0.5) is 5.69 Å². The molecule has 0 unspecified atom stereocenters. The van der Waals surface area contributed by atoms with E-state index in [9.17, 15) is 24.0 Å². The molecule has 15 nitrogen and oxygen atoms in total. The van der Waals surface area contributed by atoms with Crippen LogP contribution in [0.5, 0.6) is 0 Å². The third kappa shape index (κ3) is 13.0. The number of esters is 1. The number of para-hydroxylation sites is 1. The number of nitrogens with zero attached hydrogens (tertiary/aromatic N) is 2. The second-order valence-corrected chi connectivity index (χ2v) is 10.4. The Hall–Kier alpha value is -5.41. The Labute approximate surface area is 295 Å². The second-order valence-electron chi connectivity index (χ2n) is 10.4. The molecule has 49 heavy (non-hydrogen) atoms. The molecule has 11 N–H and O–H groups in total. The number of ether oxygens (including phenoxy) is 1. The molecule has 0 fully saturated rings. The minimum atomic E-state index is -1.26. The van der Waals surface area contributed by atoms with Crippen molar-refractivity contribution >= 4 is 82.7 Å². The molecular formula is C32H41Cl2N9O6. The Balaban J connectivity index is 0.00000600. The molecule has 0 aromatic heterocycles. The molecule has 3 rings (SSSR count). The van der Waals surface area contributed by atoms with Gasteiger partial charge in [-0.1, -0.05) is 42.5 Å². The highest BCUT2D eigenvalue weighted by atomic mass is 35.5. The zero-order valence-corrected chi connectivity index (χ0v) is 28.4. The fourth-order valence-corrected chi connectivity index (χ4v) is 4.60. The highest BCUT2D eigenvalue weighted by Crippen LogP contribution is 2.20. The first kappa shape index (κ1) is 41.6. The summed E-state index contributed by atoms with van der Waals surface area (Å²) < 4.78 is 4.81. The zero-order valence-electron chi connectivity index (χ0n) is 26.7. The number of nitrogens with two attached hydrogens (primary N) is 4. The number of hydrogen-bond acceptors (Lipinski definition) is 8. The quantitative estimate of drug-likeness (QED) is 0.0279. The summed E-state index contributed by atoms with van der Waals surface area (Å²) in [5.74, 6) is -4.33. The van der Waals surface area contributed by atoms with Gasteiger partial charge in [0.2, 0.25) is 5.91 Å². The van der Waals surface area contributed by atoms with E-state index < -0.39 is 41.6 Å². The molecule has 2 atom stereocenters. The molecule has 0 bridgehead atoms. The summed E-state index contributed by atoms with van der Waals surface area (Å²) in [6.07, 6.45) is 0.729. The largest absolute Gasteiger partial charge is 0.467 e. The Morgan fingerprint density at radius 1 is 0.735 bits per heavy atom. The Morgan fingerprint density at radius 3 is 1.92 bits per heavy atom. The molecule has 17 heteroatoms. The van der Waals surface area contributed by atoms with E-state index >= 15 is 0 Å². The summed E-state index contributed by atoms with van der Waals surface area (Å²) in [5, 5.41) is 9.53. The number of aliphatic imine (C=N–C) groups is 2. The number of methoxy groups -OCH3 is 1. The lowest BCUT2D eigenvalue weighted by atomic mass is 10.0. The number of amides is 3. The molecule has 0 spiro atoms. The first-order valence-electron chi connectivity index (χ1n) is 14.7. The lowest BCUT2D eigenvalue weighted by Crippen LogP contribution is -2.53. The Kier molecular flexibility index (Phi) is 17.6. The third-order valence-electron chi connectivity index (χ3n) is 6.95. The van der Waals surface area contributed by atoms with Crippen molar-refractivity contribution in [2.24, 2.45) is 32.9 Å². The predicted octanol–water partition coefficient (Wildman–Crippen LogP) is 1.37. The lowest BCUT2D eigenvalue weighted by Gasteiger charge is -2.22. The van der Waals surface area contributed by atoms with E-state index in [-0.39, 0.29) is 80.3 Å². The van der Waals surface area contributed by atoms with E-state index in [2.05, 4.69) is 25.9 Å². The van der Waals surface area contributed by atoms with E-state index in [4.69, 9.17) is 27.7 Å². The molecular weight excluding hydrogens is 677 g/mol. The molecule has 0 aliphatic rings.